The summed E-state index contributed by atoms with van der Waals surface area (Å²) in [6, 6.07) is 6.72. The summed E-state index contributed by atoms with van der Waals surface area (Å²) in [6.45, 7) is 0.625. The lowest BCUT2D eigenvalue weighted by Crippen LogP contribution is -2.55. The van der Waals surface area contributed by atoms with Gasteiger partial charge in [-0.1, -0.05) is 17.7 Å². The van der Waals surface area contributed by atoms with Gasteiger partial charge in [0.05, 0.1) is 13.1 Å². The topological polar surface area (TPSA) is 59.5 Å². The van der Waals surface area contributed by atoms with E-state index >= 15 is 0 Å². The van der Waals surface area contributed by atoms with Crippen LogP contribution >= 0.6 is 22.9 Å². The lowest BCUT2D eigenvalue weighted by molar-refractivity contribution is 0.0723. The zero-order valence-electron chi connectivity index (χ0n) is 10.3. The number of sulfonamides is 1. The normalized spacial score (nSPS) is 16.9. The van der Waals surface area contributed by atoms with Gasteiger partial charge >= 0.3 is 0 Å². The molecule has 3 rings (SSSR count). The Balaban J connectivity index is 1.64. The summed E-state index contributed by atoms with van der Waals surface area (Å²) in [4.78, 5) is 4.02. The minimum atomic E-state index is -3.38. The highest BCUT2D eigenvalue weighted by Crippen LogP contribution is 2.28. The van der Waals surface area contributed by atoms with Crippen LogP contribution in [0, 0.1) is 0 Å². The molecule has 1 saturated heterocycles. The molecule has 0 saturated carbocycles. The van der Waals surface area contributed by atoms with Crippen molar-refractivity contribution >= 4 is 33.0 Å². The first-order chi connectivity index (χ1) is 9.57. The van der Waals surface area contributed by atoms with Crippen LogP contribution in [0.1, 0.15) is 0 Å². The minimum Gasteiger partial charge on any atom is -0.470 e. The third-order valence-corrected chi connectivity index (χ3v) is 6.40. The molecular formula is C12H11ClN2O3S2. The number of aromatic nitrogens is 1. The molecule has 1 aliphatic rings. The van der Waals surface area contributed by atoms with Gasteiger partial charge in [0.1, 0.15) is 15.3 Å². The van der Waals surface area contributed by atoms with E-state index in [-0.39, 0.29) is 6.10 Å². The highest BCUT2D eigenvalue weighted by molar-refractivity contribution is 7.91. The maximum absolute atomic E-state index is 12.2. The summed E-state index contributed by atoms with van der Waals surface area (Å²) in [7, 11) is -3.38. The van der Waals surface area contributed by atoms with Crippen LogP contribution in [0.3, 0.4) is 0 Å². The molecule has 0 aromatic carbocycles. The van der Waals surface area contributed by atoms with E-state index in [0.29, 0.717) is 28.2 Å². The number of nitrogens with zero attached hydrogens (tertiary/aromatic N) is 2. The van der Waals surface area contributed by atoms with Gasteiger partial charge in [-0.3, -0.25) is 0 Å². The van der Waals surface area contributed by atoms with Crippen molar-refractivity contribution in [1.29, 1.82) is 0 Å². The van der Waals surface area contributed by atoms with Gasteiger partial charge < -0.3 is 4.74 Å². The highest BCUT2D eigenvalue weighted by atomic mass is 35.5. The van der Waals surface area contributed by atoms with Crippen molar-refractivity contribution in [2.75, 3.05) is 13.1 Å². The zero-order valence-corrected chi connectivity index (χ0v) is 12.7. The first-order valence-electron chi connectivity index (χ1n) is 5.88. The standard InChI is InChI=1S/C12H11ClN2O3S2/c13-10-3-1-5-14-12(10)18-9-7-15(8-9)20(16,17)11-4-2-6-19-11/h1-6,9H,7-8H2. The highest BCUT2D eigenvalue weighted by Gasteiger charge is 2.39. The average molecular weight is 331 g/mol. The summed E-state index contributed by atoms with van der Waals surface area (Å²) in [6.07, 6.45) is 1.37. The smallest absolute Gasteiger partial charge is 0.252 e. The average Bonchev–Trinajstić information content (AvgIpc) is 2.89. The predicted molar refractivity (Wildman–Crippen MR) is 76.7 cm³/mol. The van der Waals surface area contributed by atoms with Crippen LogP contribution in [-0.4, -0.2) is 36.9 Å². The molecule has 1 fully saturated rings. The van der Waals surface area contributed by atoms with Gasteiger partial charge in [0.25, 0.3) is 10.0 Å². The van der Waals surface area contributed by atoms with Gasteiger partial charge in [-0.25, -0.2) is 13.4 Å². The Morgan fingerprint density at radius 1 is 1.35 bits per heavy atom. The number of hydrogen-bond donors (Lipinski definition) is 0. The van der Waals surface area contributed by atoms with E-state index in [1.54, 1.807) is 35.8 Å². The number of ether oxygens (including phenoxy) is 1. The zero-order chi connectivity index (χ0) is 14.2. The third kappa shape index (κ3) is 2.54. The summed E-state index contributed by atoms with van der Waals surface area (Å²) < 4.78 is 31.7. The number of halogens is 1. The molecule has 1 aliphatic heterocycles. The largest absolute Gasteiger partial charge is 0.470 e. The van der Waals surface area contributed by atoms with Gasteiger partial charge in [0.15, 0.2) is 0 Å². The fourth-order valence-corrected chi connectivity index (χ4v) is 4.64. The summed E-state index contributed by atoms with van der Waals surface area (Å²) in [5, 5.41) is 2.17. The van der Waals surface area contributed by atoms with Crippen LogP contribution in [-0.2, 0) is 10.0 Å². The van der Waals surface area contributed by atoms with Crippen molar-refractivity contribution in [2.24, 2.45) is 0 Å². The van der Waals surface area contributed by atoms with Crippen molar-refractivity contribution in [3.63, 3.8) is 0 Å². The first-order valence-corrected chi connectivity index (χ1v) is 8.58. The van der Waals surface area contributed by atoms with E-state index in [1.807, 2.05) is 0 Å². The molecule has 3 heterocycles. The van der Waals surface area contributed by atoms with Crippen LogP contribution in [0.25, 0.3) is 0 Å². The van der Waals surface area contributed by atoms with E-state index < -0.39 is 10.0 Å². The second-order valence-electron chi connectivity index (χ2n) is 4.28. The molecular weight excluding hydrogens is 320 g/mol. The van der Waals surface area contributed by atoms with Crippen molar-refractivity contribution in [3.05, 3.63) is 40.9 Å². The van der Waals surface area contributed by atoms with Crippen molar-refractivity contribution < 1.29 is 13.2 Å². The minimum absolute atomic E-state index is 0.211. The van der Waals surface area contributed by atoms with Crippen molar-refractivity contribution in [3.8, 4) is 5.88 Å². The van der Waals surface area contributed by atoms with Crippen LogP contribution in [0.2, 0.25) is 5.02 Å². The third-order valence-electron chi connectivity index (χ3n) is 2.91. The van der Waals surface area contributed by atoms with Crippen molar-refractivity contribution in [2.45, 2.75) is 10.3 Å². The van der Waals surface area contributed by atoms with Gasteiger partial charge in [-0.2, -0.15) is 4.31 Å². The number of hydrogen-bond acceptors (Lipinski definition) is 5. The number of rotatable bonds is 4. The molecule has 0 N–H and O–H groups in total. The molecule has 0 aliphatic carbocycles. The Morgan fingerprint density at radius 2 is 2.15 bits per heavy atom. The molecule has 5 nitrogen and oxygen atoms in total. The Hall–Kier alpha value is -1.15. The lowest BCUT2D eigenvalue weighted by Gasteiger charge is -2.37. The van der Waals surface area contributed by atoms with Gasteiger partial charge in [0.2, 0.25) is 5.88 Å². The van der Waals surface area contributed by atoms with E-state index in [1.165, 1.54) is 15.6 Å². The Morgan fingerprint density at radius 3 is 2.80 bits per heavy atom. The molecule has 0 unspecified atom stereocenters. The predicted octanol–water partition coefficient (Wildman–Crippen LogP) is 2.25. The molecule has 0 bridgehead atoms. The molecule has 106 valence electrons. The summed E-state index contributed by atoms with van der Waals surface area (Å²) >= 11 is 7.15. The van der Waals surface area contributed by atoms with E-state index in [0.717, 1.165) is 0 Å². The first kappa shape index (κ1) is 13.8. The maximum Gasteiger partial charge on any atom is 0.252 e. The monoisotopic (exact) mass is 330 g/mol. The number of thiophene rings is 1. The molecule has 0 radical (unpaired) electrons. The van der Waals surface area contributed by atoms with Crippen LogP contribution in [0.4, 0.5) is 0 Å². The number of pyridine rings is 1. The lowest BCUT2D eigenvalue weighted by atomic mass is 10.2. The fourth-order valence-electron chi connectivity index (χ4n) is 1.82. The molecule has 8 heteroatoms. The van der Waals surface area contributed by atoms with Gasteiger partial charge in [-0.05, 0) is 23.6 Å². The Bertz CT molecular complexity index is 697. The fraction of sp³-hybridized carbons (Fsp3) is 0.250. The molecule has 2 aromatic heterocycles. The summed E-state index contributed by atoms with van der Waals surface area (Å²) in [5.41, 5.74) is 0. The molecule has 2 aromatic rings. The second kappa shape index (κ2) is 5.33. The van der Waals surface area contributed by atoms with Gasteiger partial charge in [0, 0.05) is 6.20 Å². The van der Waals surface area contributed by atoms with Crippen molar-refractivity contribution in [1.82, 2.24) is 9.29 Å². The molecule has 0 atom stereocenters. The molecule has 0 amide bonds. The van der Waals surface area contributed by atoms with Crippen LogP contribution in [0.5, 0.6) is 5.88 Å². The SMILES string of the molecule is O=S(=O)(c1cccs1)N1CC(Oc2ncccc2Cl)C1. The van der Waals surface area contributed by atoms with E-state index in [4.69, 9.17) is 16.3 Å². The Labute approximate surface area is 125 Å². The van der Waals surface area contributed by atoms with Crippen LogP contribution < -0.4 is 4.74 Å². The quantitative estimate of drug-likeness (QED) is 0.862. The maximum atomic E-state index is 12.2. The molecule has 20 heavy (non-hydrogen) atoms. The van der Waals surface area contributed by atoms with E-state index in [2.05, 4.69) is 4.98 Å². The Kier molecular flexibility index (Phi) is 3.68. The van der Waals surface area contributed by atoms with Crippen LogP contribution in [0.15, 0.2) is 40.1 Å². The van der Waals surface area contributed by atoms with Gasteiger partial charge in [-0.15, -0.1) is 11.3 Å². The van der Waals surface area contributed by atoms with E-state index in [9.17, 15) is 8.42 Å². The second-order valence-corrected chi connectivity index (χ2v) is 7.80. The molecule has 0 spiro atoms. The summed E-state index contributed by atoms with van der Waals surface area (Å²) in [5.74, 6) is 0.340.